The number of amides is 1. The highest BCUT2D eigenvalue weighted by molar-refractivity contribution is 9.10. The van der Waals surface area contributed by atoms with E-state index in [0.29, 0.717) is 20.9 Å². The van der Waals surface area contributed by atoms with E-state index in [-0.39, 0.29) is 22.4 Å². The van der Waals surface area contributed by atoms with Gasteiger partial charge >= 0.3 is 0 Å². The number of non-ortho nitro benzene ring substituents is 1. The van der Waals surface area contributed by atoms with Crippen LogP contribution < -0.4 is 16.6 Å². The molecule has 0 aliphatic carbocycles. The van der Waals surface area contributed by atoms with Crippen molar-refractivity contribution < 1.29 is 9.72 Å². The van der Waals surface area contributed by atoms with Crippen LogP contribution in [-0.4, -0.2) is 26.1 Å². The van der Waals surface area contributed by atoms with Crippen LogP contribution >= 0.6 is 39.3 Å². The number of carbonyl (C=O) groups excluding carboxylic acids is 1. The van der Waals surface area contributed by atoms with Crippen LogP contribution in [0.4, 0.5) is 17.2 Å². The summed E-state index contributed by atoms with van der Waals surface area (Å²) in [6.45, 7) is 0. The lowest BCUT2D eigenvalue weighted by molar-refractivity contribution is -0.384. The second-order valence-electron chi connectivity index (χ2n) is 5.87. The predicted molar refractivity (Wildman–Crippen MR) is 119 cm³/mol. The summed E-state index contributed by atoms with van der Waals surface area (Å²) >= 11 is 10.1. The quantitative estimate of drug-likeness (QED) is 0.222. The van der Waals surface area contributed by atoms with E-state index < -0.39 is 16.4 Å². The van der Waals surface area contributed by atoms with Gasteiger partial charge in [0.2, 0.25) is 5.91 Å². The summed E-state index contributed by atoms with van der Waals surface area (Å²) in [5, 5.41) is 14.2. The van der Waals surface area contributed by atoms with Crippen LogP contribution in [0.5, 0.6) is 0 Å². The zero-order chi connectivity index (χ0) is 21.8. The van der Waals surface area contributed by atoms with Gasteiger partial charge in [0, 0.05) is 33.4 Å². The normalized spacial score (nSPS) is 10.6. The molecule has 12 heteroatoms. The van der Waals surface area contributed by atoms with E-state index in [0.717, 1.165) is 11.8 Å². The third kappa shape index (κ3) is 5.17. The molecule has 3 N–H and O–H groups in total. The average Bonchev–Trinajstić information content (AvgIpc) is 2.68. The van der Waals surface area contributed by atoms with Gasteiger partial charge in [-0.3, -0.25) is 24.3 Å². The smallest absolute Gasteiger partial charge is 0.275 e. The van der Waals surface area contributed by atoms with Crippen molar-refractivity contribution in [2.75, 3.05) is 16.8 Å². The van der Waals surface area contributed by atoms with Crippen molar-refractivity contribution in [2.24, 2.45) is 0 Å². The van der Waals surface area contributed by atoms with Crippen molar-refractivity contribution in [1.82, 2.24) is 9.55 Å². The molecule has 1 aromatic heterocycles. The number of hydrogen-bond donors (Lipinski definition) is 2. The molecule has 3 rings (SSSR count). The number of nitrogens with zero attached hydrogens (tertiary/aromatic N) is 3. The van der Waals surface area contributed by atoms with E-state index in [1.165, 1.54) is 28.8 Å². The van der Waals surface area contributed by atoms with Gasteiger partial charge in [-0.2, -0.15) is 4.98 Å². The molecule has 0 saturated carbocycles. The number of nitro benzene ring substituents is 1. The number of benzene rings is 2. The number of anilines is 2. The van der Waals surface area contributed by atoms with Gasteiger partial charge in [0.05, 0.1) is 16.4 Å². The Hall–Kier alpha value is -2.89. The molecule has 0 radical (unpaired) electrons. The largest absolute Gasteiger partial charge is 0.385 e. The number of nitrogens with one attached hydrogen (secondary N) is 1. The molecule has 1 amide bonds. The standard InChI is InChI=1S/C18H13BrClN5O4S/c19-13-7-12(25(28)29)5-6-14(13)22-17(27)9-30-18-23-16(26)8-15(21)24(18)11-3-1-10(20)2-4-11/h1-8H,9,21H2,(H,22,27). The number of thioether (sulfide) groups is 1. The van der Waals surface area contributed by atoms with Crippen molar-refractivity contribution in [2.45, 2.75) is 5.16 Å². The zero-order valence-corrected chi connectivity index (χ0v) is 18.2. The maximum absolute atomic E-state index is 12.4. The van der Waals surface area contributed by atoms with E-state index in [1.807, 2.05) is 0 Å². The fourth-order valence-corrected chi connectivity index (χ4v) is 3.88. The summed E-state index contributed by atoms with van der Waals surface area (Å²) in [6, 6.07) is 11.9. The van der Waals surface area contributed by atoms with Crippen molar-refractivity contribution in [3.63, 3.8) is 0 Å². The lowest BCUT2D eigenvalue weighted by Crippen LogP contribution is -2.19. The first-order valence-electron chi connectivity index (χ1n) is 8.26. The van der Waals surface area contributed by atoms with Gasteiger partial charge in [-0.25, -0.2) is 0 Å². The summed E-state index contributed by atoms with van der Waals surface area (Å²) in [6.07, 6.45) is 0. The second-order valence-corrected chi connectivity index (χ2v) is 8.11. The molecular weight excluding hydrogens is 498 g/mol. The first-order valence-corrected chi connectivity index (χ1v) is 10.4. The van der Waals surface area contributed by atoms with Crippen molar-refractivity contribution in [3.05, 3.63) is 78.5 Å². The SMILES string of the molecule is Nc1cc(=O)nc(SCC(=O)Nc2ccc([N+](=O)[O-])cc2Br)n1-c1ccc(Cl)cc1. The van der Waals surface area contributed by atoms with Crippen molar-refractivity contribution in [3.8, 4) is 5.69 Å². The zero-order valence-electron chi connectivity index (χ0n) is 15.0. The Balaban J connectivity index is 1.79. The first-order chi connectivity index (χ1) is 14.2. The number of rotatable bonds is 6. The maximum Gasteiger partial charge on any atom is 0.275 e. The second kappa shape index (κ2) is 9.28. The summed E-state index contributed by atoms with van der Waals surface area (Å²) < 4.78 is 1.91. The van der Waals surface area contributed by atoms with Gasteiger partial charge in [-0.15, -0.1) is 0 Å². The van der Waals surface area contributed by atoms with Gasteiger partial charge in [0.1, 0.15) is 5.82 Å². The molecule has 0 atom stereocenters. The third-order valence-corrected chi connectivity index (χ3v) is 5.63. The van der Waals surface area contributed by atoms with Gasteiger partial charge < -0.3 is 11.1 Å². The molecular formula is C18H13BrClN5O4S. The summed E-state index contributed by atoms with van der Waals surface area (Å²) in [4.78, 5) is 38.4. The highest BCUT2D eigenvalue weighted by atomic mass is 79.9. The number of nitro groups is 1. The van der Waals surface area contributed by atoms with Crippen LogP contribution in [0.1, 0.15) is 0 Å². The Kier molecular flexibility index (Phi) is 6.75. The number of hydrogen-bond acceptors (Lipinski definition) is 7. The molecule has 0 bridgehead atoms. The minimum absolute atomic E-state index is 0.0765. The monoisotopic (exact) mass is 509 g/mol. The minimum Gasteiger partial charge on any atom is -0.385 e. The molecule has 0 unspecified atom stereocenters. The molecule has 0 saturated heterocycles. The van der Waals surface area contributed by atoms with Gasteiger partial charge in [-0.1, -0.05) is 23.4 Å². The van der Waals surface area contributed by atoms with Crippen LogP contribution in [0.3, 0.4) is 0 Å². The van der Waals surface area contributed by atoms with E-state index >= 15 is 0 Å². The molecule has 1 heterocycles. The molecule has 154 valence electrons. The van der Waals surface area contributed by atoms with E-state index in [1.54, 1.807) is 24.3 Å². The van der Waals surface area contributed by atoms with E-state index in [2.05, 4.69) is 26.2 Å². The van der Waals surface area contributed by atoms with Crippen LogP contribution in [0.25, 0.3) is 5.69 Å². The minimum atomic E-state index is -0.534. The lowest BCUT2D eigenvalue weighted by Gasteiger charge is -2.15. The van der Waals surface area contributed by atoms with E-state index in [9.17, 15) is 19.7 Å². The lowest BCUT2D eigenvalue weighted by atomic mass is 10.3. The van der Waals surface area contributed by atoms with Crippen LogP contribution in [0.2, 0.25) is 5.02 Å². The summed E-state index contributed by atoms with van der Waals surface area (Å²) in [7, 11) is 0. The number of nitrogen functional groups attached to an aromatic ring is 1. The van der Waals surface area contributed by atoms with Crippen molar-refractivity contribution >= 4 is 62.4 Å². The molecule has 0 fully saturated rings. The Morgan fingerprint density at radius 1 is 1.27 bits per heavy atom. The molecule has 3 aromatic rings. The fraction of sp³-hybridized carbons (Fsp3) is 0.0556. The first kappa shape index (κ1) is 21.8. The van der Waals surface area contributed by atoms with Crippen LogP contribution in [0, 0.1) is 10.1 Å². The van der Waals surface area contributed by atoms with Gasteiger partial charge in [0.25, 0.3) is 11.2 Å². The van der Waals surface area contributed by atoms with Crippen molar-refractivity contribution in [1.29, 1.82) is 0 Å². The molecule has 9 nitrogen and oxygen atoms in total. The summed E-state index contributed by atoms with van der Waals surface area (Å²) in [5.74, 6) is -0.306. The number of nitrogens with two attached hydrogens (primary N) is 1. The predicted octanol–water partition coefficient (Wildman–Crippen LogP) is 3.87. The van der Waals surface area contributed by atoms with Gasteiger partial charge in [0.15, 0.2) is 5.16 Å². The highest BCUT2D eigenvalue weighted by Gasteiger charge is 2.15. The van der Waals surface area contributed by atoms with Gasteiger partial charge in [-0.05, 0) is 46.3 Å². The molecule has 0 aliphatic heterocycles. The maximum atomic E-state index is 12.4. The average molecular weight is 511 g/mol. The highest BCUT2D eigenvalue weighted by Crippen LogP contribution is 2.28. The number of aromatic nitrogens is 2. The summed E-state index contributed by atoms with van der Waals surface area (Å²) in [5.41, 5.74) is 6.37. The molecule has 30 heavy (non-hydrogen) atoms. The van der Waals surface area contributed by atoms with Crippen LogP contribution in [-0.2, 0) is 4.79 Å². The fourth-order valence-electron chi connectivity index (χ4n) is 2.46. The molecule has 0 aliphatic rings. The molecule has 2 aromatic carbocycles. The Morgan fingerprint density at radius 2 is 1.97 bits per heavy atom. The Bertz CT molecular complexity index is 1190. The Morgan fingerprint density at radius 3 is 2.60 bits per heavy atom. The third-order valence-electron chi connectivity index (χ3n) is 3.78. The topological polar surface area (TPSA) is 133 Å². The number of halogens is 2. The molecule has 0 spiro atoms. The number of carbonyl (C=O) groups is 1. The van der Waals surface area contributed by atoms with Crippen LogP contribution in [0.15, 0.2) is 63.0 Å². The van der Waals surface area contributed by atoms with E-state index in [4.69, 9.17) is 17.3 Å². The Labute approximate surface area is 187 Å².